The maximum atomic E-state index is 4.96. The van der Waals surface area contributed by atoms with Gasteiger partial charge in [0.1, 0.15) is 0 Å². The fourth-order valence-electron chi connectivity index (χ4n) is 7.74. The summed E-state index contributed by atoms with van der Waals surface area (Å²) >= 11 is 0. The summed E-state index contributed by atoms with van der Waals surface area (Å²) in [7, 11) is 0. The third-order valence-corrected chi connectivity index (χ3v) is 10.5. The number of benzene rings is 7. The van der Waals surface area contributed by atoms with E-state index in [-0.39, 0.29) is 5.41 Å². The van der Waals surface area contributed by atoms with Crippen molar-refractivity contribution >= 4 is 0 Å². The van der Waals surface area contributed by atoms with Gasteiger partial charge >= 0.3 is 0 Å². The van der Waals surface area contributed by atoms with Crippen LogP contribution in [0.4, 0.5) is 0 Å². The molecule has 0 N–H and O–H groups in total. The average molecular weight is 652 g/mol. The standard InChI is InChI=1S/C50H37N/c1-50(2)47-23-7-6-22-45(47)46-26-24-43(32-48(46)50)49-27-25-44(33-51-49)42-21-11-20-41(31-42)40-19-10-18-39(30-40)38-17-9-16-37(29-38)36-15-8-14-35(28-36)34-12-4-3-5-13-34/h3-33H,1-2H3. The van der Waals surface area contributed by atoms with Gasteiger partial charge in [-0.15, -0.1) is 0 Å². The van der Waals surface area contributed by atoms with Crippen LogP contribution in [0.1, 0.15) is 25.0 Å². The molecule has 242 valence electrons. The van der Waals surface area contributed by atoms with Gasteiger partial charge in [0.05, 0.1) is 5.69 Å². The first-order valence-electron chi connectivity index (χ1n) is 17.7. The topological polar surface area (TPSA) is 12.9 Å². The lowest BCUT2D eigenvalue weighted by molar-refractivity contribution is 0.660. The summed E-state index contributed by atoms with van der Waals surface area (Å²) in [4.78, 5) is 4.96. The van der Waals surface area contributed by atoms with Crippen LogP contribution in [0.25, 0.3) is 78.0 Å². The van der Waals surface area contributed by atoms with E-state index in [1.165, 1.54) is 66.8 Å². The molecule has 0 radical (unpaired) electrons. The number of aromatic nitrogens is 1. The van der Waals surface area contributed by atoms with Crippen LogP contribution < -0.4 is 0 Å². The first kappa shape index (κ1) is 30.7. The molecule has 1 aliphatic carbocycles. The normalized spacial score (nSPS) is 12.7. The van der Waals surface area contributed by atoms with Gasteiger partial charge in [0.25, 0.3) is 0 Å². The highest BCUT2D eigenvalue weighted by molar-refractivity contribution is 5.84. The van der Waals surface area contributed by atoms with Gasteiger partial charge in [0.15, 0.2) is 0 Å². The van der Waals surface area contributed by atoms with Crippen molar-refractivity contribution < 1.29 is 0 Å². The van der Waals surface area contributed by atoms with Gasteiger partial charge in [0.2, 0.25) is 0 Å². The van der Waals surface area contributed by atoms with Crippen molar-refractivity contribution in [3.8, 4) is 78.0 Å². The second-order valence-corrected chi connectivity index (χ2v) is 14.1. The second kappa shape index (κ2) is 12.5. The summed E-state index contributed by atoms with van der Waals surface area (Å²) in [5, 5.41) is 0. The quantitative estimate of drug-likeness (QED) is 0.174. The minimum absolute atomic E-state index is 0.0308. The zero-order chi connectivity index (χ0) is 34.4. The van der Waals surface area contributed by atoms with Gasteiger partial charge in [-0.1, -0.05) is 159 Å². The Hall–Kier alpha value is -6.31. The molecule has 51 heavy (non-hydrogen) atoms. The SMILES string of the molecule is CC1(C)c2ccccc2-c2ccc(-c3ccc(-c4cccc(-c5cccc(-c6cccc(-c7cccc(-c8ccccc8)c7)c6)c5)c4)cn3)cc21. The Bertz CT molecular complexity index is 2540. The first-order valence-corrected chi connectivity index (χ1v) is 17.7. The van der Waals surface area contributed by atoms with Gasteiger partial charge < -0.3 is 0 Å². The molecule has 0 saturated carbocycles. The zero-order valence-electron chi connectivity index (χ0n) is 28.8. The fourth-order valence-corrected chi connectivity index (χ4v) is 7.74. The third kappa shape index (κ3) is 5.67. The average Bonchev–Trinajstić information content (AvgIpc) is 3.44. The zero-order valence-corrected chi connectivity index (χ0v) is 28.8. The van der Waals surface area contributed by atoms with Crippen LogP contribution in [0.2, 0.25) is 0 Å². The number of fused-ring (bicyclic) bond motifs is 3. The first-order chi connectivity index (χ1) is 25.0. The molecule has 0 saturated heterocycles. The molecule has 1 aliphatic rings. The summed E-state index contributed by atoms with van der Waals surface area (Å²) in [5.41, 5.74) is 19.5. The van der Waals surface area contributed by atoms with E-state index < -0.39 is 0 Å². The van der Waals surface area contributed by atoms with Gasteiger partial charge in [-0.3, -0.25) is 4.98 Å². The molecule has 0 unspecified atom stereocenters. The number of hydrogen-bond donors (Lipinski definition) is 0. The van der Waals surface area contributed by atoms with Crippen molar-refractivity contribution in [2.24, 2.45) is 0 Å². The van der Waals surface area contributed by atoms with Gasteiger partial charge in [-0.05, 0) is 109 Å². The highest BCUT2D eigenvalue weighted by atomic mass is 14.7. The van der Waals surface area contributed by atoms with Crippen molar-refractivity contribution in [2.75, 3.05) is 0 Å². The summed E-state index contributed by atoms with van der Waals surface area (Å²) in [5.74, 6) is 0. The van der Waals surface area contributed by atoms with Crippen molar-refractivity contribution in [3.05, 3.63) is 199 Å². The summed E-state index contributed by atoms with van der Waals surface area (Å²) in [6.45, 7) is 4.65. The Balaban J connectivity index is 0.976. The molecule has 0 aliphatic heterocycles. The lowest BCUT2D eigenvalue weighted by atomic mass is 9.82. The minimum atomic E-state index is -0.0308. The van der Waals surface area contributed by atoms with Crippen molar-refractivity contribution in [1.29, 1.82) is 0 Å². The molecular weight excluding hydrogens is 615 g/mol. The van der Waals surface area contributed by atoms with Crippen LogP contribution in [0.5, 0.6) is 0 Å². The van der Waals surface area contributed by atoms with Crippen LogP contribution in [0.15, 0.2) is 188 Å². The molecule has 0 atom stereocenters. The van der Waals surface area contributed by atoms with Crippen LogP contribution in [-0.4, -0.2) is 4.98 Å². The highest BCUT2D eigenvalue weighted by Crippen LogP contribution is 2.49. The summed E-state index contributed by atoms with van der Waals surface area (Å²) in [6.07, 6.45) is 2.01. The van der Waals surface area contributed by atoms with Crippen LogP contribution in [-0.2, 0) is 5.41 Å². The summed E-state index contributed by atoms with van der Waals surface area (Å²) in [6, 6.07) is 65.8. The number of pyridine rings is 1. The minimum Gasteiger partial charge on any atom is -0.256 e. The highest BCUT2D eigenvalue weighted by Gasteiger charge is 2.35. The van der Waals surface area contributed by atoms with E-state index in [9.17, 15) is 0 Å². The molecule has 9 rings (SSSR count). The van der Waals surface area contributed by atoms with E-state index in [1.54, 1.807) is 0 Å². The van der Waals surface area contributed by atoms with Crippen molar-refractivity contribution in [2.45, 2.75) is 19.3 Å². The van der Waals surface area contributed by atoms with Gasteiger partial charge in [-0.25, -0.2) is 0 Å². The molecule has 1 aromatic heterocycles. The van der Waals surface area contributed by atoms with E-state index in [0.717, 1.165) is 22.4 Å². The smallest absolute Gasteiger partial charge is 0.0702 e. The van der Waals surface area contributed by atoms with E-state index >= 15 is 0 Å². The summed E-state index contributed by atoms with van der Waals surface area (Å²) < 4.78 is 0. The Morgan fingerprint density at radius 2 is 0.745 bits per heavy atom. The largest absolute Gasteiger partial charge is 0.256 e. The van der Waals surface area contributed by atoms with E-state index in [2.05, 4.69) is 196 Å². The predicted octanol–water partition coefficient (Wildman–Crippen LogP) is 13.4. The molecular formula is C50H37N. The molecule has 1 heterocycles. The van der Waals surface area contributed by atoms with Crippen LogP contribution in [0.3, 0.4) is 0 Å². The number of nitrogens with zero attached hydrogens (tertiary/aromatic N) is 1. The second-order valence-electron chi connectivity index (χ2n) is 14.1. The van der Waals surface area contributed by atoms with E-state index in [1.807, 2.05) is 6.20 Å². The van der Waals surface area contributed by atoms with Gasteiger partial charge in [-0.2, -0.15) is 0 Å². The number of rotatable bonds is 6. The van der Waals surface area contributed by atoms with Crippen LogP contribution in [0, 0.1) is 0 Å². The lowest BCUT2D eigenvalue weighted by Gasteiger charge is -2.21. The van der Waals surface area contributed by atoms with Gasteiger partial charge in [0, 0.05) is 22.7 Å². The molecule has 0 spiro atoms. The molecule has 1 heteroatoms. The van der Waals surface area contributed by atoms with E-state index in [0.29, 0.717) is 0 Å². The Kier molecular flexibility index (Phi) is 7.55. The predicted molar refractivity (Wildman–Crippen MR) is 214 cm³/mol. The fraction of sp³-hybridized carbons (Fsp3) is 0.0600. The Morgan fingerprint density at radius 1 is 0.314 bits per heavy atom. The Labute approximate surface area is 300 Å². The monoisotopic (exact) mass is 651 g/mol. The lowest BCUT2D eigenvalue weighted by Crippen LogP contribution is -2.14. The van der Waals surface area contributed by atoms with Crippen LogP contribution >= 0.6 is 0 Å². The molecule has 1 nitrogen and oxygen atoms in total. The van der Waals surface area contributed by atoms with E-state index in [4.69, 9.17) is 4.98 Å². The van der Waals surface area contributed by atoms with Crippen molar-refractivity contribution in [3.63, 3.8) is 0 Å². The molecule has 0 fully saturated rings. The molecule has 7 aromatic carbocycles. The van der Waals surface area contributed by atoms with Crippen molar-refractivity contribution in [1.82, 2.24) is 4.98 Å². The molecule has 8 aromatic rings. The number of hydrogen-bond acceptors (Lipinski definition) is 1. The molecule has 0 bridgehead atoms. The maximum Gasteiger partial charge on any atom is 0.0702 e. The Morgan fingerprint density at radius 3 is 1.27 bits per heavy atom. The maximum absolute atomic E-state index is 4.96. The third-order valence-electron chi connectivity index (χ3n) is 10.5. The molecule has 0 amide bonds.